The Hall–Kier alpha value is -1.33. The third kappa shape index (κ3) is 4.88. The third-order valence-electron chi connectivity index (χ3n) is 5.23. The largest absolute Gasteiger partial charge is 0.310 e. The van der Waals surface area contributed by atoms with Gasteiger partial charge < -0.3 is 10.2 Å². The van der Waals surface area contributed by atoms with Gasteiger partial charge >= 0.3 is 0 Å². The van der Waals surface area contributed by atoms with Crippen LogP contribution in [0, 0.1) is 12.7 Å². The molecule has 1 fully saturated rings. The van der Waals surface area contributed by atoms with Crippen LogP contribution in [0.2, 0.25) is 0 Å². The molecule has 0 aliphatic carbocycles. The van der Waals surface area contributed by atoms with Gasteiger partial charge in [-0.2, -0.15) is 0 Å². The number of halogens is 1. The maximum Gasteiger partial charge on any atom is 0.183 e. The SMILES string of the molecule is Cc1cc(S(=O)(=O)[C@H]2CS(=O)(=O)C[C@@H]2NCC(c2cccs2)N(C)C)ccc1F. The fraction of sp³-hybridized carbons (Fsp3) is 0.474. The van der Waals surface area contributed by atoms with E-state index in [1.54, 1.807) is 11.3 Å². The third-order valence-corrected chi connectivity index (χ3v) is 10.3. The van der Waals surface area contributed by atoms with Gasteiger partial charge in [0.25, 0.3) is 0 Å². The molecule has 1 aliphatic heterocycles. The van der Waals surface area contributed by atoms with Crippen LogP contribution in [-0.2, 0) is 19.7 Å². The highest BCUT2D eigenvalue weighted by Gasteiger charge is 2.46. The molecule has 0 spiro atoms. The minimum atomic E-state index is -3.94. The minimum absolute atomic E-state index is 0.00489. The number of likely N-dealkylation sites (N-methyl/N-ethyl adjacent to an activating group) is 1. The van der Waals surface area contributed by atoms with Crippen LogP contribution >= 0.6 is 11.3 Å². The van der Waals surface area contributed by atoms with Crippen molar-refractivity contribution in [3.8, 4) is 0 Å². The second kappa shape index (κ2) is 8.43. The van der Waals surface area contributed by atoms with Crippen molar-refractivity contribution in [2.24, 2.45) is 0 Å². The van der Waals surface area contributed by atoms with E-state index < -0.39 is 42.5 Å². The second-order valence-corrected chi connectivity index (χ2v) is 12.9. The molecular formula is C19H25FN2O4S3. The van der Waals surface area contributed by atoms with Crippen molar-refractivity contribution in [3.63, 3.8) is 0 Å². The summed E-state index contributed by atoms with van der Waals surface area (Å²) in [5.74, 6) is -1.17. The summed E-state index contributed by atoms with van der Waals surface area (Å²) in [4.78, 5) is 3.07. The monoisotopic (exact) mass is 460 g/mol. The Morgan fingerprint density at radius 2 is 2.00 bits per heavy atom. The van der Waals surface area contributed by atoms with Gasteiger partial charge in [-0.1, -0.05) is 6.07 Å². The van der Waals surface area contributed by atoms with Crippen LogP contribution in [0.5, 0.6) is 0 Å². The topological polar surface area (TPSA) is 83.5 Å². The van der Waals surface area contributed by atoms with Crippen molar-refractivity contribution in [2.75, 3.05) is 32.1 Å². The lowest BCUT2D eigenvalue weighted by Gasteiger charge is -2.27. The standard InChI is InChI=1S/C19H25FN2O4S3/c1-13-9-14(6-7-15(13)20)29(25,26)19-12-28(23,24)11-16(19)21-10-17(22(2)3)18-5-4-8-27-18/h4-9,16-17,19,21H,10-12H2,1-3H3/t16-,17?,19-/m0/s1. The van der Waals surface area contributed by atoms with Gasteiger partial charge in [0.1, 0.15) is 5.82 Å². The number of rotatable bonds is 7. The summed E-state index contributed by atoms with van der Waals surface area (Å²) in [5, 5.41) is 4.05. The molecule has 6 nitrogen and oxygen atoms in total. The molecule has 0 amide bonds. The molecule has 1 aliphatic rings. The van der Waals surface area contributed by atoms with Crippen molar-refractivity contribution in [1.29, 1.82) is 0 Å². The van der Waals surface area contributed by atoms with Crippen molar-refractivity contribution in [2.45, 2.75) is 29.2 Å². The van der Waals surface area contributed by atoms with E-state index in [4.69, 9.17) is 0 Å². The molecular weight excluding hydrogens is 435 g/mol. The van der Waals surface area contributed by atoms with Crippen molar-refractivity contribution in [3.05, 3.63) is 52.0 Å². The van der Waals surface area contributed by atoms with Crippen LogP contribution in [-0.4, -0.2) is 65.2 Å². The second-order valence-electron chi connectivity index (χ2n) is 7.58. The minimum Gasteiger partial charge on any atom is -0.310 e. The Bertz CT molecular complexity index is 1070. The number of nitrogens with one attached hydrogen (secondary N) is 1. The van der Waals surface area contributed by atoms with Crippen molar-refractivity contribution in [1.82, 2.24) is 10.2 Å². The van der Waals surface area contributed by atoms with Crippen LogP contribution < -0.4 is 5.32 Å². The zero-order chi connectivity index (χ0) is 21.4. The predicted octanol–water partition coefficient (Wildman–Crippen LogP) is 2.03. The summed E-state index contributed by atoms with van der Waals surface area (Å²) in [6.45, 7) is 1.90. The number of sulfone groups is 2. The molecule has 160 valence electrons. The average molecular weight is 461 g/mol. The summed E-state index contributed by atoms with van der Waals surface area (Å²) in [7, 11) is -3.60. The Kier molecular flexibility index (Phi) is 6.50. The van der Waals surface area contributed by atoms with Gasteiger partial charge in [-0.25, -0.2) is 21.2 Å². The Morgan fingerprint density at radius 3 is 2.59 bits per heavy atom. The first-order valence-electron chi connectivity index (χ1n) is 9.15. The number of nitrogens with zero attached hydrogens (tertiary/aromatic N) is 1. The molecule has 2 heterocycles. The highest BCUT2D eigenvalue weighted by Crippen LogP contribution is 2.28. The number of hydrogen-bond donors (Lipinski definition) is 1. The molecule has 1 unspecified atom stereocenters. The van der Waals surface area contributed by atoms with Gasteiger partial charge in [0, 0.05) is 17.5 Å². The van der Waals surface area contributed by atoms with Crippen LogP contribution in [0.3, 0.4) is 0 Å². The molecule has 1 saturated heterocycles. The first-order valence-corrected chi connectivity index (χ1v) is 13.4. The number of thiophene rings is 1. The molecule has 2 aromatic rings. The molecule has 1 aromatic carbocycles. The number of benzene rings is 1. The van der Waals surface area contributed by atoms with Crippen LogP contribution in [0.15, 0.2) is 40.6 Å². The maximum absolute atomic E-state index is 13.6. The fourth-order valence-corrected chi connectivity index (χ4v) is 9.28. The van der Waals surface area contributed by atoms with E-state index in [1.165, 1.54) is 19.1 Å². The van der Waals surface area contributed by atoms with Gasteiger partial charge in [-0.05, 0) is 56.2 Å². The molecule has 1 N–H and O–H groups in total. The highest BCUT2D eigenvalue weighted by atomic mass is 32.2. The molecule has 0 bridgehead atoms. The summed E-state index contributed by atoms with van der Waals surface area (Å²) in [6.07, 6.45) is 0. The lowest BCUT2D eigenvalue weighted by atomic mass is 10.2. The van der Waals surface area contributed by atoms with E-state index in [1.807, 2.05) is 36.5 Å². The van der Waals surface area contributed by atoms with Crippen LogP contribution in [0.1, 0.15) is 16.5 Å². The molecule has 3 atom stereocenters. The quantitative estimate of drug-likeness (QED) is 0.637. The Labute approximate surface area is 175 Å². The molecule has 1 aromatic heterocycles. The Balaban J connectivity index is 1.86. The number of aryl methyl sites for hydroxylation is 1. The van der Waals surface area contributed by atoms with Crippen LogP contribution in [0.25, 0.3) is 0 Å². The van der Waals surface area contributed by atoms with E-state index >= 15 is 0 Å². The van der Waals surface area contributed by atoms with Gasteiger partial charge in [0.15, 0.2) is 19.7 Å². The molecule has 0 saturated carbocycles. The molecule has 29 heavy (non-hydrogen) atoms. The molecule has 10 heteroatoms. The summed E-state index contributed by atoms with van der Waals surface area (Å²) in [5.41, 5.74) is 0.210. The smallest absolute Gasteiger partial charge is 0.183 e. The van der Waals surface area contributed by atoms with E-state index in [0.717, 1.165) is 10.9 Å². The summed E-state index contributed by atoms with van der Waals surface area (Å²) >= 11 is 1.59. The molecule has 0 radical (unpaired) electrons. The molecule has 3 rings (SSSR count). The van der Waals surface area contributed by atoms with E-state index in [-0.39, 0.29) is 22.3 Å². The first kappa shape index (κ1) is 22.4. The van der Waals surface area contributed by atoms with Crippen molar-refractivity contribution >= 4 is 31.0 Å². The zero-order valence-corrected chi connectivity index (χ0v) is 18.9. The highest BCUT2D eigenvalue weighted by molar-refractivity contribution is 7.96. The van der Waals surface area contributed by atoms with E-state index in [9.17, 15) is 21.2 Å². The van der Waals surface area contributed by atoms with Gasteiger partial charge in [0.05, 0.1) is 27.7 Å². The number of hydrogen-bond acceptors (Lipinski definition) is 7. The maximum atomic E-state index is 13.6. The fourth-order valence-electron chi connectivity index (χ4n) is 3.56. The van der Waals surface area contributed by atoms with Gasteiger partial charge in [0.2, 0.25) is 0 Å². The Morgan fingerprint density at radius 1 is 1.28 bits per heavy atom. The lowest BCUT2D eigenvalue weighted by Crippen LogP contribution is -2.46. The van der Waals surface area contributed by atoms with Gasteiger partial charge in [-0.3, -0.25) is 0 Å². The van der Waals surface area contributed by atoms with E-state index in [0.29, 0.717) is 6.54 Å². The predicted molar refractivity (Wildman–Crippen MR) is 113 cm³/mol. The summed E-state index contributed by atoms with van der Waals surface area (Å²) < 4.78 is 64.5. The lowest BCUT2D eigenvalue weighted by molar-refractivity contribution is 0.285. The van der Waals surface area contributed by atoms with Gasteiger partial charge in [-0.15, -0.1) is 11.3 Å². The van der Waals surface area contributed by atoms with Crippen molar-refractivity contribution < 1.29 is 21.2 Å². The van der Waals surface area contributed by atoms with Crippen LogP contribution in [0.4, 0.5) is 4.39 Å². The average Bonchev–Trinajstić information content (AvgIpc) is 3.25. The first-order chi connectivity index (χ1) is 13.5. The van der Waals surface area contributed by atoms with E-state index in [2.05, 4.69) is 5.32 Å². The normalized spacial score (nSPS) is 22.8. The zero-order valence-electron chi connectivity index (χ0n) is 16.5. The summed E-state index contributed by atoms with van der Waals surface area (Å²) in [6, 6.07) is 6.79.